The second-order valence-corrected chi connectivity index (χ2v) is 7.41. The van der Waals surface area contributed by atoms with Gasteiger partial charge in [-0.25, -0.2) is 8.42 Å². The van der Waals surface area contributed by atoms with Crippen LogP contribution in [0.15, 0.2) is 23.1 Å². The van der Waals surface area contributed by atoms with Gasteiger partial charge in [-0.2, -0.15) is 4.31 Å². The molecule has 2 rings (SSSR count). The minimum absolute atomic E-state index is 0.170. The molecule has 1 saturated heterocycles. The smallest absolute Gasteiger partial charge is 0.207 e. The number of hydrogen-bond donors (Lipinski definition) is 0. The molecule has 0 spiro atoms. The van der Waals surface area contributed by atoms with Gasteiger partial charge in [-0.1, -0.05) is 31.0 Å². The Balaban J connectivity index is 2.34. The predicted molar refractivity (Wildman–Crippen MR) is 78.2 cm³/mol. The van der Waals surface area contributed by atoms with E-state index in [4.69, 9.17) is 23.2 Å². The summed E-state index contributed by atoms with van der Waals surface area (Å²) in [6.07, 6.45) is 1.92. The first kappa shape index (κ1) is 15.1. The molecule has 0 N–H and O–H groups in total. The van der Waals surface area contributed by atoms with Crippen LogP contribution in [0.25, 0.3) is 0 Å². The summed E-state index contributed by atoms with van der Waals surface area (Å²) in [5, 5.41) is 0.258. The lowest BCUT2D eigenvalue weighted by atomic mass is 10.1. The molecule has 1 fully saturated rings. The zero-order valence-electron chi connectivity index (χ0n) is 10.8. The Labute approximate surface area is 124 Å². The molecule has 19 heavy (non-hydrogen) atoms. The Morgan fingerprint density at radius 2 is 2.16 bits per heavy atom. The summed E-state index contributed by atoms with van der Waals surface area (Å²) in [5.74, 6) is 0.724. The third-order valence-corrected chi connectivity index (χ3v) is 6.25. The second-order valence-electron chi connectivity index (χ2n) is 4.82. The van der Waals surface area contributed by atoms with Crippen molar-refractivity contribution in [3.8, 4) is 0 Å². The SMILES string of the molecule is CCC1CCN(S(=O)(=O)c2cc(CCl)ccc2Cl)C1. The van der Waals surface area contributed by atoms with Crippen molar-refractivity contribution in [3.63, 3.8) is 0 Å². The maximum Gasteiger partial charge on any atom is 0.244 e. The summed E-state index contributed by atoms with van der Waals surface area (Å²) in [5.41, 5.74) is 0.760. The first-order chi connectivity index (χ1) is 8.98. The highest BCUT2D eigenvalue weighted by Crippen LogP contribution is 2.30. The van der Waals surface area contributed by atoms with Crippen molar-refractivity contribution >= 4 is 33.2 Å². The first-order valence-electron chi connectivity index (χ1n) is 6.33. The molecule has 0 saturated carbocycles. The van der Waals surface area contributed by atoms with Crippen molar-refractivity contribution < 1.29 is 8.42 Å². The molecule has 0 amide bonds. The van der Waals surface area contributed by atoms with Gasteiger partial charge in [-0.3, -0.25) is 0 Å². The van der Waals surface area contributed by atoms with E-state index in [1.54, 1.807) is 18.2 Å². The maximum atomic E-state index is 12.6. The predicted octanol–water partition coefficient (Wildman–Crippen LogP) is 3.50. The van der Waals surface area contributed by atoms with Gasteiger partial charge < -0.3 is 0 Å². The zero-order chi connectivity index (χ0) is 14.0. The van der Waals surface area contributed by atoms with Crippen LogP contribution in [0, 0.1) is 5.92 Å². The normalized spacial score (nSPS) is 20.9. The fourth-order valence-electron chi connectivity index (χ4n) is 2.32. The highest BCUT2D eigenvalue weighted by molar-refractivity contribution is 7.89. The van der Waals surface area contributed by atoms with E-state index in [1.165, 1.54) is 4.31 Å². The summed E-state index contributed by atoms with van der Waals surface area (Å²) in [7, 11) is -3.50. The number of nitrogens with zero attached hydrogens (tertiary/aromatic N) is 1. The quantitative estimate of drug-likeness (QED) is 0.796. The number of benzene rings is 1. The van der Waals surface area contributed by atoms with Crippen LogP contribution >= 0.6 is 23.2 Å². The molecule has 0 radical (unpaired) electrons. The van der Waals surface area contributed by atoms with E-state index in [-0.39, 0.29) is 15.8 Å². The van der Waals surface area contributed by atoms with Crippen LogP contribution in [-0.4, -0.2) is 25.8 Å². The Hall–Kier alpha value is -0.290. The molecule has 1 aliphatic heterocycles. The van der Waals surface area contributed by atoms with Crippen LogP contribution in [0.1, 0.15) is 25.3 Å². The molecule has 6 heteroatoms. The number of sulfonamides is 1. The Kier molecular flexibility index (Phi) is 4.77. The van der Waals surface area contributed by atoms with Crippen LogP contribution in [0.4, 0.5) is 0 Å². The lowest BCUT2D eigenvalue weighted by molar-refractivity contribution is 0.453. The van der Waals surface area contributed by atoms with E-state index in [0.29, 0.717) is 19.0 Å². The monoisotopic (exact) mass is 321 g/mol. The molecular weight excluding hydrogens is 305 g/mol. The third-order valence-electron chi connectivity index (χ3n) is 3.59. The van der Waals surface area contributed by atoms with E-state index in [0.717, 1.165) is 18.4 Å². The van der Waals surface area contributed by atoms with Gasteiger partial charge in [-0.15, -0.1) is 11.6 Å². The number of halogens is 2. The van der Waals surface area contributed by atoms with Crippen LogP contribution in [0.3, 0.4) is 0 Å². The second kappa shape index (κ2) is 6.00. The molecule has 3 nitrogen and oxygen atoms in total. The summed E-state index contributed by atoms with van der Waals surface area (Å²) < 4.78 is 26.7. The summed E-state index contributed by atoms with van der Waals surface area (Å²) >= 11 is 11.8. The van der Waals surface area contributed by atoms with E-state index in [9.17, 15) is 8.42 Å². The van der Waals surface area contributed by atoms with Crippen molar-refractivity contribution in [2.24, 2.45) is 5.92 Å². The van der Waals surface area contributed by atoms with Gasteiger partial charge in [-0.05, 0) is 30.0 Å². The van der Waals surface area contributed by atoms with Crippen molar-refractivity contribution in [2.75, 3.05) is 13.1 Å². The van der Waals surface area contributed by atoms with Crippen molar-refractivity contribution in [1.29, 1.82) is 0 Å². The third kappa shape index (κ3) is 3.07. The minimum Gasteiger partial charge on any atom is -0.207 e. The summed E-state index contributed by atoms with van der Waals surface area (Å²) in [6.45, 7) is 3.24. The fourth-order valence-corrected chi connectivity index (χ4v) is 4.54. The van der Waals surface area contributed by atoms with Crippen LogP contribution < -0.4 is 0 Å². The number of alkyl halides is 1. The standard InChI is InChI=1S/C13H17Cl2NO2S/c1-2-10-5-6-16(9-10)19(17,18)13-7-11(8-14)3-4-12(13)15/h3-4,7,10H,2,5-6,8-9H2,1H3. The summed E-state index contributed by atoms with van der Waals surface area (Å²) in [4.78, 5) is 0.170. The van der Waals surface area contributed by atoms with E-state index in [1.807, 2.05) is 0 Å². The van der Waals surface area contributed by atoms with Gasteiger partial charge in [0.1, 0.15) is 4.90 Å². The van der Waals surface area contributed by atoms with Crippen molar-refractivity contribution in [1.82, 2.24) is 4.31 Å². The molecule has 0 aliphatic carbocycles. The molecule has 1 aromatic carbocycles. The number of hydrogen-bond acceptors (Lipinski definition) is 2. The van der Waals surface area contributed by atoms with Gasteiger partial charge in [0.2, 0.25) is 10.0 Å². The molecular formula is C13H17Cl2NO2S. The highest BCUT2D eigenvalue weighted by Gasteiger charge is 2.33. The zero-order valence-corrected chi connectivity index (χ0v) is 13.1. The van der Waals surface area contributed by atoms with Crippen LogP contribution in [0.2, 0.25) is 5.02 Å². The van der Waals surface area contributed by atoms with Gasteiger partial charge in [0, 0.05) is 19.0 Å². The largest absolute Gasteiger partial charge is 0.244 e. The lowest BCUT2D eigenvalue weighted by Gasteiger charge is -2.17. The molecule has 1 atom stereocenters. The topological polar surface area (TPSA) is 37.4 Å². The highest BCUT2D eigenvalue weighted by atomic mass is 35.5. The summed E-state index contributed by atoms with van der Waals surface area (Å²) in [6, 6.07) is 4.91. The molecule has 1 aliphatic rings. The van der Waals surface area contributed by atoms with E-state index in [2.05, 4.69) is 6.92 Å². The molecule has 1 unspecified atom stereocenters. The first-order valence-corrected chi connectivity index (χ1v) is 8.68. The van der Waals surface area contributed by atoms with Crippen molar-refractivity contribution in [3.05, 3.63) is 28.8 Å². The lowest BCUT2D eigenvalue weighted by Crippen LogP contribution is -2.29. The van der Waals surface area contributed by atoms with Crippen LogP contribution in [-0.2, 0) is 15.9 Å². The van der Waals surface area contributed by atoms with E-state index < -0.39 is 10.0 Å². The average Bonchev–Trinajstić information content (AvgIpc) is 2.88. The van der Waals surface area contributed by atoms with Gasteiger partial charge in [0.25, 0.3) is 0 Å². The Morgan fingerprint density at radius 1 is 1.42 bits per heavy atom. The van der Waals surface area contributed by atoms with Gasteiger partial charge in [0.15, 0.2) is 0 Å². The molecule has 1 heterocycles. The molecule has 0 bridgehead atoms. The van der Waals surface area contributed by atoms with Crippen LogP contribution in [0.5, 0.6) is 0 Å². The fraction of sp³-hybridized carbons (Fsp3) is 0.538. The Morgan fingerprint density at radius 3 is 2.74 bits per heavy atom. The van der Waals surface area contributed by atoms with E-state index >= 15 is 0 Å². The Bertz CT molecular complexity index is 560. The minimum atomic E-state index is -3.50. The molecule has 1 aromatic rings. The van der Waals surface area contributed by atoms with Gasteiger partial charge in [0.05, 0.1) is 5.02 Å². The maximum absolute atomic E-state index is 12.6. The van der Waals surface area contributed by atoms with Gasteiger partial charge >= 0.3 is 0 Å². The van der Waals surface area contributed by atoms with Crippen molar-refractivity contribution in [2.45, 2.75) is 30.5 Å². The average molecular weight is 322 g/mol. The molecule has 0 aromatic heterocycles. The molecule has 106 valence electrons. The number of rotatable bonds is 4.